The molecular weight excluding hydrogens is 384 g/mol. The van der Waals surface area contributed by atoms with Gasteiger partial charge in [0.15, 0.2) is 11.1 Å². The van der Waals surface area contributed by atoms with E-state index in [0.29, 0.717) is 6.04 Å². The lowest BCUT2D eigenvalue weighted by Gasteiger charge is -2.22. The molecule has 0 amide bonds. The summed E-state index contributed by atoms with van der Waals surface area (Å²) < 4.78 is 8.17. The van der Waals surface area contributed by atoms with E-state index in [-0.39, 0.29) is 0 Å². The summed E-state index contributed by atoms with van der Waals surface area (Å²) in [6, 6.07) is 0.588. The number of hydrogen-bond donors (Lipinski definition) is 1. The third kappa shape index (κ3) is 6.88. The van der Waals surface area contributed by atoms with Gasteiger partial charge in [0.2, 0.25) is 0 Å². The number of thioether (sulfide) groups is 1. The van der Waals surface area contributed by atoms with Crippen LogP contribution in [0.1, 0.15) is 63.7 Å². The topological polar surface area (TPSA) is 67.6 Å². The first-order chi connectivity index (χ1) is 14.2. The van der Waals surface area contributed by atoms with E-state index in [1.165, 1.54) is 38.5 Å². The Bertz CT molecular complexity index is 639. The average Bonchev–Trinajstić information content (AvgIpc) is 3.23. The van der Waals surface area contributed by atoms with Crippen LogP contribution in [0.4, 0.5) is 0 Å². The molecule has 8 heteroatoms. The summed E-state index contributed by atoms with van der Waals surface area (Å²) >= 11 is 1.71. The third-order valence-corrected chi connectivity index (χ3v) is 6.39. The predicted molar refractivity (Wildman–Crippen MR) is 120 cm³/mol. The summed E-state index contributed by atoms with van der Waals surface area (Å²) in [7, 11) is 2.09. The van der Waals surface area contributed by atoms with Gasteiger partial charge in [0.05, 0.1) is 6.61 Å². The quantitative estimate of drug-likeness (QED) is 0.241. The molecule has 0 saturated heterocycles. The Morgan fingerprint density at radius 1 is 1.28 bits per heavy atom. The van der Waals surface area contributed by atoms with Crippen molar-refractivity contribution in [2.75, 3.05) is 46.2 Å². The van der Waals surface area contributed by atoms with Crippen molar-refractivity contribution in [3.8, 4) is 0 Å². The maximum absolute atomic E-state index is 5.77. The lowest BCUT2D eigenvalue weighted by molar-refractivity contribution is 0.115. The highest BCUT2D eigenvalue weighted by Crippen LogP contribution is 2.33. The maximum atomic E-state index is 5.77. The van der Waals surface area contributed by atoms with Gasteiger partial charge in [-0.05, 0) is 51.2 Å². The fraction of sp³-hybridized carbons (Fsp3) is 0.857. The van der Waals surface area contributed by atoms with Gasteiger partial charge in [-0.1, -0.05) is 24.6 Å². The Balaban J connectivity index is 1.47. The summed E-state index contributed by atoms with van der Waals surface area (Å²) in [4.78, 5) is 6.99. The van der Waals surface area contributed by atoms with Gasteiger partial charge in [0, 0.05) is 45.8 Å². The molecule has 7 nitrogen and oxygen atoms in total. The molecule has 3 rings (SSSR count). The second-order valence-electron chi connectivity index (χ2n) is 8.19. The van der Waals surface area contributed by atoms with Crippen molar-refractivity contribution >= 4 is 17.7 Å². The van der Waals surface area contributed by atoms with E-state index in [4.69, 9.17) is 9.73 Å². The van der Waals surface area contributed by atoms with E-state index in [9.17, 15) is 0 Å². The highest BCUT2D eigenvalue weighted by atomic mass is 32.2. The van der Waals surface area contributed by atoms with Crippen LogP contribution in [-0.4, -0.2) is 71.8 Å². The summed E-state index contributed by atoms with van der Waals surface area (Å²) in [5.74, 6) is 2.91. The van der Waals surface area contributed by atoms with Gasteiger partial charge in [-0.3, -0.25) is 4.99 Å². The Labute approximate surface area is 180 Å². The van der Waals surface area contributed by atoms with Crippen molar-refractivity contribution < 1.29 is 4.74 Å². The average molecular weight is 423 g/mol. The number of likely N-dealkylation sites (N-methyl/N-ethyl adjacent to an activating group) is 1. The Hall–Kier alpha value is -1.28. The molecule has 0 spiro atoms. The van der Waals surface area contributed by atoms with Crippen molar-refractivity contribution in [2.24, 2.45) is 10.9 Å². The van der Waals surface area contributed by atoms with E-state index >= 15 is 0 Å². The van der Waals surface area contributed by atoms with Crippen LogP contribution in [0.15, 0.2) is 10.1 Å². The minimum Gasteiger partial charge on any atom is -0.379 e. The fourth-order valence-electron chi connectivity index (χ4n) is 3.88. The minimum atomic E-state index is 0.588. The van der Waals surface area contributed by atoms with Gasteiger partial charge in [-0.2, -0.15) is 0 Å². The molecule has 2 fully saturated rings. The zero-order valence-electron chi connectivity index (χ0n) is 18.4. The molecule has 0 aliphatic heterocycles. The monoisotopic (exact) mass is 422 g/mol. The number of nitrogens with one attached hydrogen (secondary N) is 1. The Morgan fingerprint density at radius 2 is 2.07 bits per heavy atom. The number of ether oxygens (including phenoxy) is 1. The molecule has 0 bridgehead atoms. The van der Waals surface area contributed by atoms with Gasteiger partial charge in [-0.25, -0.2) is 0 Å². The summed E-state index contributed by atoms with van der Waals surface area (Å²) in [5.41, 5.74) is 0. The SMILES string of the molecule is CCNC(=NCCCc1nnc(SC)n1C1CCCC1)N(C)CCOCC1CC1. The smallest absolute Gasteiger partial charge is 0.193 e. The predicted octanol–water partition coefficient (Wildman–Crippen LogP) is 3.37. The molecule has 0 atom stereocenters. The van der Waals surface area contributed by atoms with Gasteiger partial charge in [0.25, 0.3) is 0 Å². The minimum absolute atomic E-state index is 0.588. The summed E-state index contributed by atoms with van der Waals surface area (Å²) in [6.07, 6.45) is 11.9. The molecule has 164 valence electrons. The van der Waals surface area contributed by atoms with E-state index in [1.807, 2.05) is 0 Å². The molecule has 0 radical (unpaired) electrons. The molecular formula is C21H38N6OS. The van der Waals surface area contributed by atoms with E-state index < -0.39 is 0 Å². The molecule has 2 saturated carbocycles. The molecule has 1 aromatic heterocycles. The number of nitrogens with zero attached hydrogens (tertiary/aromatic N) is 5. The molecule has 1 heterocycles. The zero-order valence-corrected chi connectivity index (χ0v) is 19.2. The first-order valence-corrected chi connectivity index (χ1v) is 12.5. The van der Waals surface area contributed by atoms with Crippen molar-refractivity contribution in [1.29, 1.82) is 0 Å². The number of aliphatic imine (C=N–C) groups is 1. The summed E-state index contributed by atoms with van der Waals surface area (Å²) in [5, 5.41) is 13.4. The van der Waals surface area contributed by atoms with Crippen LogP contribution in [-0.2, 0) is 11.2 Å². The van der Waals surface area contributed by atoms with Crippen molar-refractivity contribution in [1.82, 2.24) is 25.0 Å². The number of rotatable bonds is 12. The normalized spacial score (nSPS) is 17.8. The van der Waals surface area contributed by atoms with Crippen molar-refractivity contribution in [3.05, 3.63) is 5.82 Å². The van der Waals surface area contributed by atoms with Crippen molar-refractivity contribution in [3.63, 3.8) is 0 Å². The van der Waals surface area contributed by atoms with E-state index in [0.717, 1.165) is 68.5 Å². The lowest BCUT2D eigenvalue weighted by Crippen LogP contribution is -2.40. The second kappa shape index (κ2) is 11.8. The summed E-state index contributed by atoms with van der Waals surface area (Å²) in [6.45, 7) is 6.33. The van der Waals surface area contributed by atoms with Crippen molar-refractivity contribution in [2.45, 2.75) is 69.5 Å². The van der Waals surface area contributed by atoms with Crippen LogP contribution in [0.5, 0.6) is 0 Å². The Morgan fingerprint density at radius 3 is 2.76 bits per heavy atom. The molecule has 2 aliphatic rings. The molecule has 1 N–H and O–H groups in total. The number of hydrogen-bond acceptors (Lipinski definition) is 5. The highest BCUT2D eigenvalue weighted by molar-refractivity contribution is 7.98. The number of aryl methyl sites for hydroxylation is 1. The molecule has 0 aromatic carbocycles. The second-order valence-corrected chi connectivity index (χ2v) is 8.96. The van der Waals surface area contributed by atoms with Gasteiger partial charge in [-0.15, -0.1) is 10.2 Å². The molecule has 2 aliphatic carbocycles. The zero-order chi connectivity index (χ0) is 20.5. The first kappa shape index (κ1) is 22.4. The van der Waals surface area contributed by atoms with Gasteiger partial charge >= 0.3 is 0 Å². The standard InChI is InChI=1S/C21H38N6OS/c1-4-22-20(26(2)14-15-28-16-17-11-12-17)23-13-7-10-19-24-25-21(29-3)27(19)18-8-5-6-9-18/h17-18H,4-16H2,1-3H3,(H,22,23). The van der Waals surface area contributed by atoms with E-state index in [2.05, 4.69) is 45.2 Å². The van der Waals surface area contributed by atoms with Crippen LogP contribution >= 0.6 is 11.8 Å². The van der Waals surface area contributed by atoms with Gasteiger partial charge < -0.3 is 19.5 Å². The van der Waals surface area contributed by atoms with Crippen LogP contribution in [0, 0.1) is 5.92 Å². The Kier molecular flexibility index (Phi) is 9.11. The van der Waals surface area contributed by atoms with Crippen LogP contribution in [0.25, 0.3) is 0 Å². The van der Waals surface area contributed by atoms with Gasteiger partial charge in [0.1, 0.15) is 5.82 Å². The van der Waals surface area contributed by atoms with Crippen LogP contribution < -0.4 is 5.32 Å². The lowest BCUT2D eigenvalue weighted by atomic mass is 10.2. The number of guanidine groups is 1. The maximum Gasteiger partial charge on any atom is 0.193 e. The van der Waals surface area contributed by atoms with Crippen LogP contribution in [0.2, 0.25) is 0 Å². The number of aromatic nitrogens is 3. The first-order valence-electron chi connectivity index (χ1n) is 11.3. The third-order valence-electron chi connectivity index (χ3n) is 5.75. The molecule has 1 aromatic rings. The highest BCUT2D eigenvalue weighted by Gasteiger charge is 2.23. The van der Waals surface area contributed by atoms with E-state index in [1.54, 1.807) is 11.8 Å². The molecule has 0 unspecified atom stereocenters. The largest absolute Gasteiger partial charge is 0.379 e. The molecule has 29 heavy (non-hydrogen) atoms. The fourth-order valence-corrected chi connectivity index (χ4v) is 4.45. The van der Waals surface area contributed by atoms with Crippen LogP contribution in [0.3, 0.4) is 0 Å².